The Morgan fingerprint density at radius 1 is 1.18 bits per heavy atom. The largest absolute Gasteiger partial charge is 0.448 e. The van der Waals surface area contributed by atoms with Gasteiger partial charge < -0.3 is 9.73 Å². The summed E-state index contributed by atoms with van der Waals surface area (Å²) in [6, 6.07) is 11.2. The summed E-state index contributed by atoms with van der Waals surface area (Å²) in [5.41, 5.74) is 0.988. The van der Waals surface area contributed by atoms with E-state index in [0.717, 1.165) is 17.9 Å². The number of hydrogen-bond donors (Lipinski definition) is 1. The molecule has 0 saturated heterocycles. The van der Waals surface area contributed by atoms with Gasteiger partial charge in [-0.05, 0) is 41.9 Å². The quantitative estimate of drug-likeness (QED) is 0.896. The van der Waals surface area contributed by atoms with Gasteiger partial charge in [-0.15, -0.1) is 0 Å². The van der Waals surface area contributed by atoms with Crippen molar-refractivity contribution in [1.29, 1.82) is 0 Å². The van der Waals surface area contributed by atoms with E-state index in [2.05, 4.69) is 5.32 Å². The molecule has 1 N–H and O–H groups in total. The lowest BCUT2D eigenvalue weighted by Gasteiger charge is -2.17. The third-order valence-electron chi connectivity index (χ3n) is 2.50. The number of nitrogens with one attached hydrogen (secondary N) is 1. The van der Waals surface area contributed by atoms with Crippen LogP contribution in [0, 0.1) is 0 Å². The highest BCUT2D eigenvalue weighted by Gasteiger charge is 2.18. The van der Waals surface area contributed by atoms with Crippen LogP contribution in [0.25, 0.3) is 0 Å². The van der Waals surface area contributed by atoms with Crippen molar-refractivity contribution in [3.05, 3.63) is 58.0 Å². The van der Waals surface area contributed by atoms with Gasteiger partial charge >= 0.3 is 0 Å². The Morgan fingerprint density at radius 2 is 1.94 bits per heavy atom. The van der Waals surface area contributed by atoms with E-state index in [-0.39, 0.29) is 6.04 Å². The second-order valence-corrected chi connectivity index (χ2v) is 4.43. The molecule has 1 atom stereocenters. The van der Waals surface area contributed by atoms with Crippen LogP contribution < -0.4 is 5.32 Å². The van der Waals surface area contributed by atoms with Crippen molar-refractivity contribution < 1.29 is 4.42 Å². The first kappa shape index (κ1) is 12.5. The van der Waals surface area contributed by atoms with Crippen molar-refractivity contribution >= 4 is 23.2 Å². The van der Waals surface area contributed by atoms with Gasteiger partial charge in [0.25, 0.3) is 0 Å². The van der Waals surface area contributed by atoms with Crippen molar-refractivity contribution in [3.63, 3.8) is 0 Å². The number of hydrogen-bond acceptors (Lipinski definition) is 2. The first-order valence-electron chi connectivity index (χ1n) is 5.45. The Balaban J connectivity index is 2.39. The van der Waals surface area contributed by atoms with Crippen LogP contribution in [0.2, 0.25) is 10.2 Å². The summed E-state index contributed by atoms with van der Waals surface area (Å²) in [6.07, 6.45) is 0. The summed E-state index contributed by atoms with van der Waals surface area (Å²) in [5, 5.41) is 4.43. The van der Waals surface area contributed by atoms with Gasteiger partial charge in [-0.2, -0.15) is 0 Å². The summed E-state index contributed by atoms with van der Waals surface area (Å²) in [4.78, 5) is 0. The molecule has 17 heavy (non-hydrogen) atoms. The molecule has 1 aromatic carbocycles. The lowest BCUT2D eigenvalue weighted by molar-refractivity contribution is 0.453. The Morgan fingerprint density at radius 3 is 2.53 bits per heavy atom. The average molecular weight is 270 g/mol. The predicted octanol–water partition coefficient (Wildman–Crippen LogP) is 4.29. The minimum absolute atomic E-state index is 0.0683. The minimum atomic E-state index is -0.0683. The normalized spacial score (nSPS) is 12.6. The van der Waals surface area contributed by atoms with Crippen LogP contribution in [0.3, 0.4) is 0 Å². The second-order valence-electron chi connectivity index (χ2n) is 3.65. The summed E-state index contributed by atoms with van der Waals surface area (Å²) < 4.78 is 5.45. The van der Waals surface area contributed by atoms with Crippen molar-refractivity contribution in [2.24, 2.45) is 0 Å². The molecule has 0 aliphatic rings. The number of furan rings is 1. The average Bonchev–Trinajstić information content (AvgIpc) is 2.74. The molecule has 0 radical (unpaired) electrons. The van der Waals surface area contributed by atoms with E-state index in [9.17, 15) is 0 Å². The van der Waals surface area contributed by atoms with Gasteiger partial charge in [0.2, 0.25) is 0 Å². The van der Waals surface area contributed by atoms with Gasteiger partial charge in [0.15, 0.2) is 5.22 Å². The Bertz CT molecular complexity index is 496. The first-order valence-corrected chi connectivity index (χ1v) is 6.21. The van der Waals surface area contributed by atoms with Crippen LogP contribution in [0.15, 0.2) is 40.8 Å². The van der Waals surface area contributed by atoms with Crippen LogP contribution in [0.5, 0.6) is 0 Å². The fourth-order valence-electron chi connectivity index (χ4n) is 1.76. The molecule has 2 nitrogen and oxygen atoms in total. The summed E-state index contributed by atoms with van der Waals surface area (Å²) >= 11 is 12.0. The lowest BCUT2D eigenvalue weighted by Crippen LogP contribution is -2.21. The van der Waals surface area contributed by atoms with Crippen molar-refractivity contribution in [1.82, 2.24) is 5.32 Å². The number of halogens is 2. The van der Waals surface area contributed by atoms with Crippen molar-refractivity contribution in [2.75, 3.05) is 6.54 Å². The summed E-state index contributed by atoms with van der Waals surface area (Å²) in [6.45, 7) is 2.85. The van der Waals surface area contributed by atoms with Gasteiger partial charge in [-0.25, -0.2) is 0 Å². The van der Waals surface area contributed by atoms with Crippen LogP contribution in [-0.2, 0) is 0 Å². The Kier molecular flexibility index (Phi) is 4.11. The van der Waals surface area contributed by atoms with Crippen molar-refractivity contribution in [2.45, 2.75) is 13.0 Å². The molecule has 1 aromatic heterocycles. The molecule has 0 amide bonds. The number of benzene rings is 1. The fraction of sp³-hybridized carbons (Fsp3) is 0.231. The van der Waals surface area contributed by atoms with Crippen LogP contribution >= 0.6 is 23.2 Å². The monoisotopic (exact) mass is 269 g/mol. The Hall–Kier alpha value is -0.960. The number of rotatable bonds is 4. The van der Waals surface area contributed by atoms with Gasteiger partial charge in [0.1, 0.15) is 5.76 Å². The third kappa shape index (κ3) is 2.83. The molecule has 1 heterocycles. The van der Waals surface area contributed by atoms with Crippen LogP contribution in [0.1, 0.15) is 24.3 Å². The highest BCUT2D eigenvalue weighted by molar-refractivity contribution is 6.31. The van der Waals surface area contributed by atoms with Gasteiger partial charge in [-0.1, -0.05) is 36.7 Å². The minimum Gasteiger partial charge on any atom is -0.448 e. The van der Waals surface area contributed by atoms with Crippen molar-refractivity contribution in [3.8, 4) is 0 Å². The zero-order valence-corrected chi connectivity index (χ0v) is 10.9. The lowest BCUT2D eigenvalue weighted by atomic mass is 10.0. The van der Waals surface area contributed by atoms with Gasteiger partial charge in [0.05, 0.1) is 6.04 Å². The maximum atomic E-state index is 6.20. The van der Waals surface area contributed by atoms with E-state index in [1.54, 1.807) is 6.07 Å². The van der Waals surface area contributed by atoms with E-state index in [0.29, 0.717) is 10.2 Å². The molecule has 0 aliphatic carbocycles. The molecule has 0 saturated carbocycles. The molecular formula is C13H13Cl2NO. The molecule has 2 aromatic rings. The smallest absolute Gasteiger partial charge is 0.193 e. The SMILES string of the molecule is CCNC(c1ccc(Cl)o1)c1ccccc1Cl. The maximum Gasteiger partial charge on any atom is 0.193 e. The van der Waals surface area contributed by atoms with Gasteiger partial charge in [-0.3, -0.25) is 0 Å². The summed E-state index contributed by atoms with van der Waals surface area (Å²) in [5.74, 6) is 0.768. The highest BCUT2D eigenvalue weighted by atomic mass is 35.5. The Labute approximate surface area is 111 Å². The molecule has 0 aliphatic heterocycles. The van der Waals surface area contributed by atoms with E-state index < -0.39 is 0 Å². The fourth-order valence-corrected chi connectivity index (χ4v) is 2.16. The van der Waals surface area contributed by atoms with E-state index in [1.807, 2.05) is 37.3 Å². The zero-order chi connectivity index (χ0) is 12.3. The topological polar surface area (TPSA) is 25.2 Å². The molecule has 2 rings (SSSR count). The molecular weight excluding hydrogens is 257 g/mol. The molecule has 0 bridgehead atoms. The highest BCUT2D eigenvalue weighted by Crippen LogP contribution is 2.30. The summed E-state index contributed by atoms with van der Waals surface area (Å²) in [7, 11) is 0. The van der Waals surface area contributed by atoms with Crippen LogP contribution in [-0.4, -0.2) is 6.54 Å². The molecule has 90 valence electrons. The van der Waals surface area contributed by atoms with Gasteiger partial charge in [0, 0.05) is 5.02 Å². The predicted molar refractivity (Wildman–Crippen MR) is 70.7 cm³/mol. The second kappa shape index (κ2) is 5.58. The standard InChI is InChI=1S/C13H13Cl2NO/c1-2-16-13(11-7-8-12(15)17-11)9-5-3-4-6-10(9)14/h3-8,13,16H,2H2,1H3. The molecule has 4 heteroatoms. The third-order valence-corrected chi connectivity index (χ3v) is 3.05. The molecule has 0 fully saturated rings. The maximum absolute atomic E-state index is 6.20. The van der Waals surface area contributed by atoms with E-state index in [4.69, 9.17) is 27.6 Å². The van der Waals surface area contributed by atoms with Crippen LogP contribution in [0.4, 0.5) is 0 Å². The molecule has 0 spiro atoms. The first-order chi connectivity index (χ1) is 8.22. The molecule has 1 unspecified atom stereocenters. The van der Waals surface area contributed by atoms with E-state index >= 15 is 0 Å². The van der Waals surface area contributed by atoms with E-state index in [1.165, 1.54) is 0 Å². The zero-order valence-electron chi connectivity index (χ0n) is 9.41.